The van der Waals surface area contributed by atoms with Crippen molar-refractivity contribution < 1.29 is 9.47 Å². The van der Waals surface area contributed by atoms with Crippen molar-refractivity contribution in [1.29, 1.82) is 0 Å². The first-order chi connectivity index (χ1) is 7.63. The zero-order valence-corrected chi connectivity index (χ0v) is 11.9. The van der Waals surface area contributed by atoms with Crippen molar-refractivity contribution in [3.63, 3.8) is 0 Å². The monoisotopic (exact) mass is 286 g/mol. The first-order valence-electron chi connectivity index (χ1n) is 5.41. The molecule has 0 radical (unpaired) electrons. The highest BCUT2D eigenvalue weighted by Gasteiger charge is 2.19. The first-order valence-corrected chi connectivity index (χ1v) is 6.54. The third-order valence-electron chi connectivity index (χ3n) is 2.81. The highest BCUT2D eigenvalue weighted by Crippen LogP contribution is 2.35. The van der Waals surface area contributed by atoms with Crippen molar-refractivity contribution >= 4 is 15.9 Å². The van der Waals surface area contributed by atoms with Crippen LogP contribution in [0.5, 0.6) is 11.5 Å². The standard InChI is InChI=1S/C13H19BrO2/c1-9(2)12(8-14)11-7-10(15-3)5-6-13(11)16-4/h5-7,9,12H,8H2,1-4H3. The van der Waals surface area contributed by atoms with E-state index in [0.29, 0.717) is 11.8 Å². The van der Waals surface area contributed by atoms with E-state index in [4.69, 9.17) is 9.47 Å². The molecule has 90 valence electrons. The van der Waals surface area contributed by atoms with E-state index in [-0.39, 0.29) is 0 Å². The molecule has 0 aliphatic rings. The number of ether oxygens (including phenoxy) is 2. The van der Waals surface area contributed by atoms with E-state index in [1.807, 2.05) is 12.1 Å². The molecule has 1 unspecified atom stereocenters. The second kappa shape index (κ2) is 6.14. The average Bonchev–Trinajstić information content (AvgIpc) is 2.29. The van der Waals surface area contributed by atoms with Gasteiger partial charge in [-0.25, -0.2) is 0 Å². The van der Waals surface area contributed by atoms with Crippen LogP contribution >= 0.6 is 15.9 Å². The summed E-state index contributed by atoms with van der Waals surface area (Å²) >= 11 is 3.57. The highest BCUT2D eigenvalue weighted by atomic mass is 79.9. The topological polar surface area (TPSA) is 18.5 Å². The van der Waals surface area contributed by atoms with Gasteiger partial charge in [-0.05, 0) is 30.0 Å². The summed E-state index contributed by atoms with van der Waals surface area (Å²) in [5, 5.41) is 0.925. The van der Waals surface area contributed by atoms with E-state index in [1.54, 1.807) is 14.2 Å². The lowest BCUT2D eigenvalue weighted by molar-refractivity contribution is 0.390. The fourth-order valence-electron chi connectivity index (χ4n) is 1.75. The molecule has 0 heterocycles. The van der Waals surface area contributed by atoms with E-state index in [2.05, 4.69) is 35.8 Å². The molecule has 0 N–H and O–H groups in total. The number of alkyl halides is 1. The molecule has 0 aliphatic carbocycles. The molecule has 3 heteroatoms. The molecule has 1 atom stereocenters. The molecule has 16 heavy (non-hydrogen) atoms. The van der Waals surface area contributed by atoms with E-state index >= 15 is 0 Å². The summed E-state index contributed by atoms with van der Waals surface area (Å²) < 4.78 is 10.7. The molecular formula is C13H19BrO2. The quantitative estimate of drug-likeness (QED) is 0.766. The van der Waals surface area contributed by atoms with Crippen LogP contribution in [0.2, 0.25) is 0 Å². The second-order valence-corrected chi connectivity index (χ2v) is 4.76. The van der Waals surface area contributed by atoms with Gasteiger partial charge in [0.25, 0.3) is 0 Å². The van der Waals surface area contributed by atoms with Crippen LogP contribution < -0.4 is 9.47 Å². The van der Waals surface area contributed by atoms with Crippen LogP contribution in [0.3, 0.4) is 0 Å². The Morgan fingerprint density at radius 2 is 1.88 bits per heavy atom. The van der Waals surface area contributed by atoms with Gasteiger partial charge in [-0.2, -0.15) is 0 Å². The number of hydrogen-bond acceptors (Lipinski definition) is 2. The Labute approximate surface area is 106 Å². The predicted molar refractivity (Wildman–Crippen MR) is 70.9 cm³/mol. The third-order valence-corrected chi connectivity index (χ3v) is 3.50. The van der Waals surface area contributed by atoms with E-state index in [9.17, 15) is 0 Å². The molecule has 0 bridgehead atoms. The summed E-state index contributed by atoms with van der Waals surface area (Å²) in [6.45, 7) is 4.43. The van der Waals surface area contributed by atoms with E-state index in [0.717, 1.165) is 16.8 Å². The number of halogens is 1. The molecule has 0 amide bonds. The molecule has 1 aromatic carbocycles. The van der Waals surface area contributed by atoms with Crippen molar-refractivity contribution in [2.24, 2.45) is 5.92 Å². The van der Waals surface area contributed by atoms with Crippen LogP contribution in [-0.2, 0) is 0 Å². The van der Waals surface area contributed by atoms with Crippen LogP contribution in [0.15, 0.2) is 18.2 Å². The molecule has 0 fully saturated rings. The fourth-order valence-corrected chi connectivity index (χ4v) is 2.85. The van der Waals surface area contributed by atoms with Crippen LogP contribution in [-0.4, -0.2) is 19.5 Å². The van der Waals surface area contributed by atoms with E-state index < -0.39 is 0 Å². The van der Waals surface area contributed by atoms with Crippen molar-refractivity contribution in [2.75, 3.05) is 19.5 Å². The van der Waals surface area contributed by atoms with Gasteiger partial charge in [-0.1, -0.05) is 29.8 Å². The van der Waals surface area contributed by atoms with Gasteiger partial charge < -0.3 is 9.47 Å². The summed E-state index contributed by atoms with van der Waals surface area (Å²) in [5.74, 6) is 2.80. The lowest BCUT2D eigenvalue weighted by atomic mass is 9.89. The van der Waals surface area contributed by atoms with Gasteiger partial charge in [0.1, 0.15) is 11.5 Å². The molecule has 1 rings (SSSR count). The van der Waals surface area contributed by atoms with Gasteiger partial charge in [0.15, 0.2) is 0 Å². The van der Waals surface area contributed by atoms with Crippen molar-refractivity contribution in [1.82, 2.24) is 0 Å². The fraction of sp³-hybridized carbons (Fsp3) is 0.538. The lowest BCUT2D eigenvalue weighted by Gasteiger charge is -2.21. The van der Waals surface area contributed by atoms with Gasteiger partial charge in [0.05, 0.1) is 14.2 Å². The van der Waals surface area contributed by atoms with E-state index in [1.165, 1.54) is 5.56 Å². The van der Waals surface area contributed by atoms with Gasteiger partial charge in [0, 0.05) is 10.9 Å². The number of benzene rings is 1. The minimum absolute atomic E-state index is 0.435. The first kappa shape index (κ1) is 13.4. The highest BCUT2D eigenvalue weighted by molar-refractivity contribution is 9.09. The third kappa shape index (κ3) is 2.91. The average molecular weight is 287 g/mol. The molecular weight excluding hydrogens is 268 g/mol. The summed E-state index contributed by atoms with van der Waals surface area (Å²) in [4.78, 5) is 0. The van der Waals surface area contributed by atoms with Crippen molar-refractivity contribution in [2.45, 2.75) is 19.8 Å². The Morgan fingerprint density at radius 1 is 1.19 bits per heavy atom. The molecule has 0 spiro atoms. The Kier molecular flexibility index (Phi) is 5.13. The van der Waals surface area contributed by atoms with Gasteiger partial charge in [-0.15, -0.1) is 0 Å². The summed E-state index contributed by atoms with van der Waals surface area (Å²) in [6.07, 6.45) is 0. The maximum Gasteiger partial charge on any atom is 0.122 e. The molecule has 0 saturated heterocycles. The Bertz CT molecular complexity index is 337. The maximum absolute atomic E-state index is 5.40. The van der Waals surface area contributed by atoms with Crippen LogP contribution in [0.1, 0.15) is 25.3 Å². The lowest BCUT2D eigenvalue weighted by Crippen LogP contribution is -2.09. The molecule has 1 aromatic rings. The summed E-state index contributed by atoms with van der Waals surface area (Å²) in [5.41, 5.74) is 1.20. The van der Waals surface area contributed by atoms with Crippen molar-refractivity contribution in [3.8, 4) is 11.5 Å². The molecule has 0 saturated carbocycles. The maximum atomic E-state index is 5.40. The molecule has 0 aromatic heterocycles. The van der Waals surface area contributed by atoms with Gasteiger partial charge in [0.2, 0.25) is 0 Å². The van der Waals surface area contributed by atoms with Crippen LogP contribution in [0.4, 0.5) is 0 Å². The largest absolute Gasteiger partial charge is 0.497 e. The molecule has 0 aliphatic heterocycles. The van der Waals surface area contributed by atoms with Gasteiger partial charge >= 0.3 is 0 Å². The second-order valence-electron chi connectivity index (χ2n) is 4.11. The summed E-state index contributed by atoms with van der Waals surface area (Å²) in [6, 6.07) is 5.95. The minimum Gasteiger partial charge on any atom is -0.497 e. The SMILES string of the molecule is COc1ccc(OC)c(C(CBr)C(C)C)c1. The zero-order valence-electron chi connectivity index (χ0n) is 10.3. The minimum atomic E-state index is 0.435. The number of hydrogen-bond donors (Lipinski definition) is 0. The summed E-state index contributed by atoms with van der Waals surface area (Å²) in [7, 11) is 3.39. The zero-order chi connectivity index (χ0) is 12.1. The Balaban J connectivity index is 3.15. The normalized spacial score (nSPS) is 12.6. The number of methoxy groups -OCH3 is 2. The van der Waals surface area contributed by atoms with Gasteiger partial charge in [-0.3, -0.25) is 0 Å². The van der Waals surface area contributed by atoms with Crippen LogP contribution in [0.25, 0.3) is 0 Å². The predicted octanol–water partition coefficient (Wildman–Crippen LogP) is 3.84. The molecule has 2 nitrogen and oxygen atoms in total. The Hall–Kier alpha value is -0.700. The smallest absolute Gasteiger partial charge is 0.122 e. The number of rotatable bonds is 5. The van der Waals surface area contributed by atoms with Crippen molar-refractivity contribution in [3.05, 3.63) is 23.8 Å². The Morgan fingerprint density at radius 3 is 2.31 bits per heavy atom. The van der Waals surface area contributed by atoms with Crippen LogP contribution in [0, 0.1) is 5.92 Å².